The molecule has 0 spiro atoms. The van der Waals surface area contributed by atoms with Gasteiger partial charge in [-0.05, 0) is 49.6 Å². The Kier molecular flexibility index (Phi) is 5.20. The van der Waals surface area contributed by atoms with Crippen molar-refractivity contribution < 1.29 is 9.59 Å². The van der Waals surface area contributed by atoms with E-state index in [4.69, 9.17) is 0 Å². The van der Waals surface area contributed by atoms with Crippen LogP contribution in [0.5, 0.6) is 0 Å². The second-order valence-corrected chi connectivity index (χ2v) is 8.31. The molecule has 0 bridgehead atoms. The average molecular weight is 406 g/mol. The summed E-state index contributed by atoms with van der Waals surface area (Å²) < 4.78 is 0. The van der Waals surface area contributed by atoms with Crippen molar-refractivity contribution in [2.75, 3.05) is 16.8 Å². The standard InChI is InChI=1S/C23H23N3O2S/c1-14-4-6-20(15(2)10-14)23-25-19(13-29-23)12-22(28)24-18-5-7-21-17(11-18)8-9-26(21)16(3)27/h4-7,10-11,13H,8-9,12H2,1-3H3,(H,24,28). The topological polar surface area (TPSA) is 62.3 Å². The van der Waals surface area contributed by atoms with E-state index in [1.54, 1.807) is 23.2 Å². The molecule has 1 aliphatic heterocycles. The number of aromatic nitrogens is 1. The van der Waals surface area contributed by atoms with Crippen LogP contribution >= 0.6 is 11.3 Å². The molecule has 1 aromatic heterocycles. The van der Waals surface area contributed by atoms with Gasteiger partial charge < -0.3 is 10.2 Å². The summed E-state index contributed by atoms with van der Waals surface area (Å²) in [5.74, 6) is -0.0486. The number of hydrogen-bond donors (Lipinski definition) is 1. The van der Waals surface area contributed by atoms with E-state index < -0.39 is 0 Å². The summed E-state index contributed by atoms with van der Waals surface area (Å²) >= 11 is 1.56. The molecule has 0 saturated heterocycles. The van der Waals surface area contributed by atoms with Gasteiger partial charge >= 0.3 is 0 Å². The van der Waals surface area contributed by atoms with Crippen LogP contribution in [0.1, 0.15) is 29.3 Å². The molecule has 0 saturated carbocycles. The summed E-state index contributed by atoms with van der Waals surface area (Å²) in [7, 11) is 0. The maximum absolute atomic E-state index is 12.5. The lowest BCUT2D eigenvalue weighted by Gasteiger charge is -2.15. The third kappa shape index (κ3) is 4.07. The number of nitrogens with zero attached hydrogens (tertiary/aromatic N) is 2. The number of nitrogens with one attached hydrogen (secondary N) is 1. The average Bonchev–Trinajstić information content (AvgIpc) is 3.28. The molecule has 6 heteroatoms. The number of carbonyl (C=O) groups is 2. The number of rotatable bonds is 4. The van der Waals surface area contributed by atoms with Crippen LogP contribution < -0.4 is 10.2 Å². The highest BCUT2D eigenvalue weighted by Gasteiger charge is 2.22. The van der Waals surface area contributed by atoms with Gasteiger partial charge in [0.25, 0.3) is 0 Å². The minimum Gasteiger partial charge on any atom is -0.326 e. The summed E-state index contributed by atoms with van der Waals surface area (Å²) in [6, 6.07) is 12.0. The van der Waals surface area contributed by atoms with Crippen LogP contribution in [-0.2, 0) is 22.4 Å². The number of amides is 2. The van der Waals surface area contributed by atoms with Crippen molar-refractivity contribution in [1.29, 1.82) is 0 Å². The summed E-state index contributed by atoms with van der Waals surface area (Å²) in [6.45, 7) is 6.43. The molecule has 0 aliphatic carbocycles. The van der Waals surface area contributed by atoms with Crippen LogP contribution in [0.15, 0.2) is 41.8 Å². The van der Waals surface area contributed by atoms with E-state index in [9.17, 15) is 9.59 Å². The molecular formula is C23H23N3O2S. The lowest BCUT2D eigenvalue weighted by molar-refractivity contribution is -0.117. The van der Waals surface area contributed by atoms with Crippen LogP contribution in [0.4, 0.5) is 11.4 Å². The third-order valence-corrected chi connectivity index (χ3v) is 6.07. The van der Waals surface area contributed by atoms with E-state index in [-0.39, 0.29) is 18.2 Å². The molecule has 1 N–H and O–H groups in total. The van der Waals surface area contributed by atoms with Gasteiger partial charge in [-0.15, -0.1) is 11.3 Å². The van der Waals surface area contributed by atoms with E-state index in [0.717, 1.165) is 39.6 Å². The molecule has 3 aromatic rings. The SMILES string of the molecule is CC(=O)N1CCc2cc(NC(=O)Cc3csc(-c4ccc(C)cc4C)n3)ccc21. The van der Waals surface area contributed by atoms with Gasteiger partial charge in [0.2, 0.25) is 11.8 Å². The fraction of sp³-hybridized carbons (Fsp3) is 0.261. The molecule has 0 atom stereocenters. The molecule has 0 fully saturated rings. The van der Waals surface area contributed by atoms with E-state index in [1.807, 2.05) is 23.6 Å². The van der Waals surface area contributed by atoms with Gasteiger partial charge in [-0.1, -0.05) is 23.8 Å². The van der Waals surface area contributed by atoms with Gasteiger partial charge in [-0.3, -0.25) is 9.59 Å². The Hall–Kier alpha value is -2.99. The number of carbonyl (C=O) groups excluding carboxylic acids is 2. The van der Waals surface area contributed by atoms with Gasteiger partial charge in [0.1, 0.15) is 5.01 Å². The quantitative estimate of drug-likeness (QED) is 0.694. The Morgan fingerprint density at radius 2 is 2.00 bits per heavy atom. The van der Waals surface area contributed by atoms with Gasteiger partial charge in [-0.2, -0.15) is 0 Å². The highest BCUT2D eigenvalue weighted by atomic mass is 32.1. The third-order valence-electron chi connectivity index (χ3n) is 5.14. The minimum atomic E-state index is -0.0937. The van der Waals surface area contributed by atoms with Crippen LogP contribution in [0.3, 0.4) is 0 Å². The van der Waals surface area contributed by atoms with Crippen molar-refractivity contribution in [1.82, 2.24) is 4.98 Å². The monoisotopic (exact) mass is 405 g/mol. The zero-order chi connectivity index (χ0) is 20.5. The number of fused-ring (bicyclic) bond motifs is 1. The minimum absolute atomic E-state index is 0.0451. The van der Waals surface area contributed by atoms with E-state index in [1.165, 1.54) is 11.1 Å². The molecule has 1 aliphatic rings. The number of aryl methyl sites for hydroxylation is 2. The van der Waals surface area contributed by atoms with Gasteiger partial charge in [0, 0.05) is 35.8 Å². The fourth-order valence-corrected chi connectivity index (χ4v) is 4.65. The van der Waals surface area contributed by atoms with E-state index in [2.05, 4.69) is 42.3 Å². The Labute approximate surface area is 174 Å². The summed E-state index contributed by atoms with van der Waals surface area (Å²) in [6.07, 6.45) is 1.04. The molecule has 148 valence electrons. The van der Waals surface area contributed by atoms with Crippen molar-refractivity contribution in [2.45, 2.75) is 33.6 Å². The zero-order valence-corrected chi connectivity index (χ0v) is 17.6. The Morgan fingerprint density at radius 1 is 1.17 bits per heavy atom. The van der Waals surface area contributed by atoms with Gasteiger partial charge in [0.05, 0.1) is 12.1 Å². The largest absolute Gasteiger partial charge is 0.326 e. The molecule has 29 heavy (non-hydrogen) atoms. The first-order valence-electron chi connectivity index (χ1n) is 9.63. The van der Waals surface area contributed by atoms with E-state index >= 15 is 0 Å². The van der Waals surface area contributed by atoms with Crippen molar-refractivity contribution >= 4 is 34.5 Å². The molecule has 4 rings (SSSR count). The van der Waals surface area contributed by atoms with Gasteiger partial charge in [0.15, 0.2) is 0 Å². The number of benzene rings is 2. The summed E-state index contributed by atoms with van der Waals surface area (Å²) in [4.78, 5) is 30.6. The summed E-state index contributed by atoms with van der Waals surface area (Å²) in [5.41, 5.74) is 7.07. The number of thiazole rings is 1. The lowest BCUT2D eigenvalue weighted by Crippen LogP contribution is -2.25. The second-order valence-electron chi connectivity index (χ2n) is 7.45. The molecular weight excluding hydrogens is 382 g/mol. The van der Waals surface area contributed by atoms with Crippen molar-refractivity contribution in [3.05, 3.63) is 64.2 Å². The molecule has 5 nitrogen and oxygen atoms in total. The Morgan fingerprint density at radius 3 is 2.76 bits per heavy atom. The van der Waals surface area contributed by atoms with Crippen LogP contribution in [0.25, 0.3) is 10.6 Å². The van der Waals surface area contributed by atoms with Crippen LogP contribution in [-0.4, -0.2) is 23.3 Å². The fourth-order valence-electron chi connectivity index (χ4n) is 3.74. The second kappa shape index (κ2) is 7.79. The molecule has 0 radical (unpaired) electrons. The highest BCUT2D eigenvalue weighted by Crippen LogP contribution is 2.31. The summed E-state index contributed by atoms with van der Waals surface area (Å²) in [5, 5.41) is 5.84. The van der Waals surface area contributed by atoms with Crippen molar-refractivity contribution in [3.8, 4) is 10.6 Å². The van der Waals surface area contributed by atoms with E-state index in [0.29, 0.717) is 6.54 Å². The van der Waals surface area contributed by atoms with Crippen LogP contribution in [0, 0.1) is 13.8 Å². The number of hydrogen-bond acceptors (Lipinski definition) is 4. The molecule has 2 amide bonds. The Balaban J connectivity index is 1.43. The predicted molar refractivity (Wildman–Crippen MR) is 118 cm³/mol. The Bertz CT molecular complexity index is 1100. The normalized spacial score (nSPS) is 12.7. The first-order chi connectivity index (χ1) is 13.9. The molecule has 0 unspecified atom stereocenters. The van der Waals surface area contributed by atoms with Crippen LogP contribution in [0.2, 0.25) is 0 Å². The smallest absolute Gasteiger partial charge is 0.230 e. The maximum Gasteiger partial charge on any atom is 0.230 e. The predicted octanol–water partition coefficient (Wildman–Crippen LogP) is 4.52. The number of anilines is 2. The molecule has 2 aromatic carbocycles. The first kappa shape index (κ1) is 19.3. The van der Waals surface area contributed by atoms with Crippen molar-refractivity contribution in [2.24, 2.45) is 0 Å². The maximum atomic E-state index is 12.5. The lowest BCUT2D eigenvalue weighted by atomic mass is 10.1. The van der Waals surface area contributed by atoms with Gasteiger partial charge in [-0.25, -0.2) is 4.98 Å². The zero-order valence-electron chi connectivity index (χ0n) is 16.8. The van der Waals surface area contributed by atoms with Crippen molar-refractivity contribution in [3.63, 3.8) is 0 Å². The molecule has 2 heterocycles. The highest BCUT2D eigenvalue weighted by molar-refractivity contribution is 7.13. The first-order valence-corrected chi connectivity index (χ1v) is 10.5.